The van der Waals surface area contributed by atoms with Gasteiger partial charge in [0.15, 0.2) is 0 Å². The summed E-state index contributed by atoms with van der Waals surface area (Å²) < 4.78 is 5.55. The molecule has 0 spiro atoms. The molecular weight excluding hydrogens is 212 g/mol. The van der Waals surface area contributed by atoms with E-state index in [4.69, 9.17) is 4.74 Å². The molecule has 2 unspecified atom stereocenters. The summed E-state index contributed by atoms with van der Waals surface area (Å²) >= 11 is 0. The Morgan fingerprint density at radius 1 is 1.12 bits per heavy atom. The molecule has 1 N–H and O–H groups in total. The Balaban J connectivity index is 1.85. The van der Waals surface area contributed by atoms with Crippen LogP contribution >= 0.6 is 0 Å². The van der Waals surface area contributed by atoms with E-state index in [-0.39, 0.29) is 0 Å². The minimum absolute atomic E-state index is 0.691. The first-order valence-electron chi connectivity index (χ1n) is 7.19. The van der Waals surface area contributed by atoms with Crippen molar-refractivity contribution >= 4 is 0 Å². The first-order valence-corrected chi connectivity index (χ1v) is 7.19. The summed E-state index contributed by atoms with van der Waals surface area (Å²) in [5.41, 5.74) is 0. The van der Waals surface area contributed by atoms with Gasteiger partial charge in [0.25, 0.3) is 0 Å². The molecule has 0 aromatic heterocycles. The van der Waals surface area contributed by atoms with E-state index in [0.717, 1.165) is 31.3 Å². The zero-order valence-corrected chi connectivity index (χ0v) is 11.6. The lowest BCUT2D eigenvalue weighted by molar-refractivity contribution is -0.0168. The third-order valence-electron chi connectivity index (χ3n) is 4.80. The summed E-state index contributed by atoms with van der Waals surface area (Å²) in [5, 5.41) is 3.41. The van der Waals surface area contributed by atoms with Crippen molar-refractivity contribution in [1.82, 2.24) is 10.2 Å². The van der Waals surface area contributed by atoms with Gasteiger partial charge in [0.05, 0.1) is 6.61 Å². The highest BCUT2D eigenvalue weighted by molar-refractivity contribution is 4.86. The molecule has 2 fully saturated rings. The van der Waals surface area contributed by atoms with Crippen molar-refractivity contribution in [1.29, 1.82) is 0 Å². The molecule has 0 amide bonds. The maximum Gasteiger partial charge on any atom is 0.0506 e. The molecule has 0 aromatic rings. The van der Waals surface area contributed by atoms with Crippen LogP contribution in [0.2, 0.25) is 0 Å². The number of nitrogens with one attached hydrogen (secondary N) is 1. The molecule has 0 radical (unpaired) electrons. The van der Waals surface area contributed by atoms with Crippen LogP contribution in [-0.2, 0) is 4.74 Å². The molecular formula is C14H28N2O. The smallest absolute Gasteiger partial charge is 0.0506 e. The SMILES string of the molecule is CNC1CCC(N(C)C2CCOCC2C)CC1. The summed E-state index contributed by atoms with van der Waals surface area (Å²) in [6.45, 7) is 4.23. The molecule has 1 aliphatic heterocycles. The second-order valence-electron chi connectivity index (χ2n) is 5.87. The minimum atomic E-state index is 0.691. The van der Waals surface area contributed by atoms with Crippen molar-refractivity contribution in [2.24, 2.45) is 5.92 Å². The van der Waals surface area contributed by atoms with Crippen molar-refractivity contribution in [3.05, 3.63) is 0 Å². The highest BCUT2D eigenvalue weighted by Gasteiger charge is 2.31. The predicted octanol–water partition coefficient (Wildman–Crippen LogP) is 1.87. The highest BCUT2D eigenvalue weighted by Crippen LogP contribution is 2.28. The summed E-state index contributed by atoms with van der Waals surface area (Å²) in [6.07, 6.45) is 6.59. The van der Waals surface area contributed by atoms with Crippen molar-refractivity contribution in [2.45, 2.75) is 57.2 Å². The van der Waals surface area contributed by atoms with E-state index in [1.165, 1.54) is 32.1 Å². The highest BCUT2D eigenvalue weighted by atomic mass is 16.5. The van der Waals surface area contributed by atoms with Gasteiger partial charge in [0, 0.05) is 24.7 Å². The van der Waals surface area contributed by atoms with Crippen molar-refractivity contribution in [3.8, 4) is 0 Å². The Morgan fingerprint density at radius 2 is 1.82 bits per heavy atom. The zero-order valence-electron chi connectivity index (χ0n) is 11.6. The van der Waals surface area contributed by atoms with E-state index in [1.54, 1.807) is 0 Å². The van der Waals surface area contributed by atoms with Crippen molar-refractivity contribution < 1.29 is 4.74 Å². The molecule has 100 valence electrons. The van der Waals surface area contributed by atoms with Crippen molar-refractivity contribution in [2.75, 3.05) is 27.3 Å². The van der Waals surface area contributed by atoms with Gasteiger partial charge in [-0.25, -0.2) is 0 Å². The predicted molar refractivity (Wildman–Crippen MR) is 71.3 cm³/mol. The fourth-order valence-electron chi connectivity index (χ4n) is 3.52. The zero-order chi connectivity index (χ0) is 12.3. The van der Waals surface area contributed by atoms with E-state index < -0.39 is 0 Å². The Morgan fingerprint density at radius 3 is 2.41 bits per heavy atom. The molecule has 1 heterocycles. The molecule has 1 saturated carbocycles. The van der Waals surface area contributed by atoms with Crippen LogP contribution in [0.3, 0.4) is 0 Å². The number of hydrogen-bond donors (Lipinski definition) is 1. The third-order valence-corrected chi connectivity index (χ3v) is 4.80. The third kappa shape index (κ3) is 3.21. The molecule has 0 aromatic carbocycles. The maximum absolute atomic E-state index is 5.55. The minimum Gasteiger partial charge on any atom is -0.381 e. The topological polar surface area (TPSA) is 24.5 Å². The number of rotatable bonds is 3. The van der Waals surface area contributed by atoms with Gasteiger partial charge in [0.2, 0.25) is 0 Å². The van der Waals surface area contributed by atoms with E-state index in [1.807, 2.05) is 0 Å². The molecule has 3 nitrogen and oxygen atoms in total. The van der Waals surface area contributed by atoms with Crippen molar-refractivity contribution in [3.63, 3.8) is 0 Å². The number of nitrogens with zero attached hydrogens (tertiary/aromatic N) is 1. The lowest BCUT2D eigenvalue weighted by atomic mass is 9.87. The van der Waals surface area contributed by atoms with Gasteiger partial charge in [0.1, 0.15) is 0 Å². The van der Waals surface area contributed by atoms with Crippen LogP contribution in [0.15, 0.2) is 0 Å². The summed E-state index contributed by atoms with van der Waals surface area (Å²) in [7, 11) is 4.42. The Bertz CT molecular complexity index is 226. The first-order chi connectivity index (χ1) is 8.22. The maximum atomic E-state index is 5.55. The van der Waals surface area contributed by atoms with E-state index in [0.29, 0.717) is 5.92 Å². The van der Waals surface area contributed by atoms with E-state index in [2.05, 4.69) is 31.2 Å². The summed E-state index contributed by atoms with van der Waals surface area (Å²) in [5.74, 6) is 0.691. The molecule has 2 atom stereocenters. The lowest BCUT2D eigenvalue weighted by Gasteiger charge is -2.43. The van der Waals surface area contributed by atoms with Gasteiger partial charge in [-0.1, -0.05) is 6.92 Å². The van der Waals surface area contributed by atoms with Crippen LogP contribution in [0, 0.1) is 5.92 Å². The van der Waals surface area contributed by atoms with Gasteiger partial charge in [-0.05, 0) is 52.1 Å². The molecule has 17 heavy (non-hydrogen) atoms. The molecule has 1 aliphatic carbocycles. The average molecular weight is 240 g/mol. The second-order valence-corrected chi connectivity index (χ2v) is 5.87. The normalized spacial score (nSPS) is 39.5. The van der Waals surface area contributed by atoms with Gasteiger partial charge in [-0.3, -0.25) is 0 Å². The Hall–Kier alpha value is -0.120. The molecule has 1 saturated heterocycles. The average Bonchev–Trinajstić information content (AvgIpc) is 2.39. The molecule has 2 aliphatic rings. The van der Waals surface area contributed by atoms with Crippen LogP contribution in [-0.4, -0.2) is 50.3 Å². The number of hydrogen-bond acceptors (Lipinski definition) is 3. The van der Waals surface area contributed by atoms with Gasteiger partial charge in [-0.15, -0.1) is 0 Å². The quantitative estimate of drug-likeness (QED) is 0.815. The van der Waals surface area contributed by atoms with Crippen LogP contribution in [0.5, 0.6) is 0 Å². The lowest BCUT2D eigenvalue weighted by Crippen LogP contribution is -2.49. The van der Waals surface area contributed by atoms with E-state index >= 15 is 0 Å². The van der Waals surface area contributed by atoms with Crippen LogP contribution in [0.1, 0.15) is 39.0 Å². The fraction of sp³-hybridized carbons (Fsp3) is 1.00. The van der Waals surface area contributed by atoms with Crippen LogP contribution < -0.4 is 5.32 Å². The molecule has 3 heteroatoms. The Labute approximate surface area is 106 Å². The number of ether oxygens (including phenoxy) is 1. The largest absolute Gasteiger partial charge is 0.381 e. The second kappa shape index (κ2) is 6.17. The summed E-state index contributed by atoms with van der Waals surface area (Å²) in [4.78, 5) is 2.65. The standard InChI is InChI=1S/C14H28N2O/c1-11-10-17-9-8-14(11)16(3)13-6-4-12(15-2)5-7-13/h11-15H,4-10H2,1-3H3. The van der Waals surface area contributed by atoms with Gasteiger partial charge in [-0.2, -0.15) is 0 Å². The van der Waals surface area contributed by atoms with E-state index in [9.17, 15) is 0 Å². The molecule has 2 rings (SSSR count). The van der Waals surface area contributed by atoms with Gasteiger partial charge < -0.3 is 15.0 Å². The monoisotopic (exact) mass is 240 g/mol. The van der Waals surface area contributed by atoms with Crippen LogP contribution in [0.25, 0.3) is 0 Å². The Kier molecular flexibility index (Phi) is 4.83. The summed E-state index contributed by atoms with van der Waals surface area (Å²) in [6, 6.07) is 2.29. The molecule has 0 bridgehead atoms. The van der Waals surface area contributed by atoms with Crippen LogP contribution in [0.4, 0.5) is 0 Å². The first kappa shape index (κ1) is 13.3. The van der Waals surface area contributed by atoms with Gasteiger partial charge >= 0.3 is 0 Å². The fourth-order valence-corrected chi connectivity index (χ4v) is 3.52.